The Bertz CT molecular complexity index is 2670. The van der Waals surface area contributed by atoms with Crippen LogP contribution in [0.3, 0.4) is 0 Å². The molecular weight excluding hydrogens is 953 g/mol. The number of hydrogen-bond donors (Lipinski definition) is 4. The maximum Gasteiger partial charge on any atom is 0.329 e. The second kappa shape index (κ2) is 25.7. The van der Waals surface area contributed by atoms with Crippen LogP contribution in [-0.4, -0.2) is 128 Å². The molecule has 10 atom stereocenters. The molecule has 1 saturated carbocycles. The number of carbonyl (C=O) groups is 5. The lowest BCUT2D eigenvalue weighted by molar-refractivity contribution is -0.136. The summed E-state index contributed by atoms with van der Waals surface area (Å²) >= 11 is 2.83. The topological polar surface area (TPSA) is 315 Å². The number of amides is 2. The molecule has 2 amide bonds. The third-order valence-corrected chi connectivity index (χ3v) is 15.1. The predicted molar refractivity (Wildman–Crippen MR) is 267 cm³/mol. The van der Waals surface area contributed by atoms with Crippen molar-refractivity contribution in [3.63, 3.8) is 0 Å². The first kappa shape index (κ1) is 54.6. The van der Waals surface area contributed by atoms with Crippen molar-refractivity contribution >= 4 is 64.3 Å². The van der Waals surface area contributed by atoms with Crippen molar-refractivity contribution in [1.82, 2.24) is 23.6 Å². The Hall–Kier alpha value is -5.17. The summed E-state index contributed by atoms with van der Waals surface area (Å²) in [6.45, 7) is 4.89. The summed E-state index contributed by atoms with van der Waals surface area (Å²) in [6, 6.07) is 10.2. The number of unbranched alkanes of at least 4 members (excludes halogenated alkanes) is 2. The lowest BCUT2D eigenvalue weighted by Crippen LogP contribution is -2.44. The van der Waals surface area contributed by atoms with Gasteiger partial charge in [-0.15, -0.1) is 0 Å². The van der Waals surface area contributed by atoms with E-state index < -0.39 is 18.0 Å². The molecule has 5 saturated heterocycles. The molecular formula is C50H70N8O13S. The third-order valence-electron chi connectivity index (χ3n) is 15.1. The van der Waals surface area contributed by atoms with E-state index in [0.717, 1.165) is 85.9 Å². The maximum atomic E-state index is 13.1. The van der Waals surface area contributed by atoms with Gasteiger partial charge >= 0.3 is 11.4 Å². The van der Waals surface area contributed by atoms with Crippen molar-refractivity contribution < 1.29 is 54.0 Å². The fraction of sp³-hybridized carbons (Fsp3) is 0.620. The molecule has 0 bridgehead atoms. The van der Waals surface area contributed by atoms with Gasteiger partial charge in [-0.3, -0.25) is 42.8 Å². The number of ether oxygens (including phenoxy) is 4. The minimum atomic E-state index is -0.690. The number of aryl methyl sites for hydroxylation is 4. The normalized spacial score (nSPS) is 27.6. The molecule has 1 aliphatic carbocycles. The lowest BCUT2D eigenvalue weighted by Gasteiger charge is -2.21. The highest BCUT2D eigenvalue weighted by atomic mass is 32.1. The Morgan fingerprint density at radius 2 is 1.14 bits per heavy atom. The van der Waals surface area contributed by atoms with Gasteiger partial charge in [0.1, 0.15) is 18.1 Å². The van der Waals surface area contributed by atoms with Crippen LogP contribution in [0, 0.1) is 23.7 Å². The average Bonchev–Trinajstić information content (AvgIpc) is 4.27. The van der Waals surface area contributed by atoms with Crippen molar-refractivity contribution in [2.45, 2.75) is 114 Å². The minimum Gasteiger partial charge on any atom is -0.412 e. The van der Waals surface area contributed by atoms with Crippen molar-refractivity contribution in [3.8, 4) is 0 Å². The molecule has 5 aliphatic heterocycles. The van der Waals surface area contributed by atoms with E-state index in [-0.39, 0.29) is 66.1 Å². The van der Waals surface area contributed by atoms with Crippen LogP contribution in [0.2, 0.25) is 0 Å². The van der Waals surface area contributed by atoms with Crippen LogP contribution < -0.4 is 33.9 Å². The number of benzene rings is 2. The summed E-state index contributed by atoms with van der Waals surface area (Å²) in [7, 11) is 3.42. The van der Waals surface area contributed by atoms with Gasteiger partial charge in [0.25, 0.3) is 0 Å². The van der Waals surface area contributed by atoms with Crippen molar-refractivity contribution in [3.05, 3.63) is 68.5 Å². The Morgan fingerprint density at radius 3 is 1.62 bits per heavy atom. The lowest BCUT2D eigenvalue weighted by atomic mass is 9.92. The molecule has 394 valence electrons. The summed E-state index contributed by atoms with van der Waals surface area (Å²) in [5, 5.41) is 2.28. The van der Waals surface area contributed by atoms with E-state index in [4.69, 9.17) is 47.3 Å². The number of rotatable bonds is 14. The monoisotopic (exact) mass is 1020 g/mol. The van der Waals surface area contributed by atoms with Gasteiger partial charge in [0.2, 0.25) is 13.2 Å². The van der Waals surface area contributed by atoms with Crippen LogP contribution >= 0.6 is 0 Å². The van der Waals surface area contributed by atoms with E-state index in [0.29, 0.717) is 87.5 Å². The predicted octanol–water partition coefficient (Wildman–Crippen LogP) is 0.517. The highest BCUT2D eigenvalue weighted by Gasteiger charge is 2.47. The van der Waals surface area contributed by atoms with E-state index in [1.165, 1.54) is 9.13 Å². The number of aromatic nitrogens is 4. The molecule has 4 aromatic rings. The first-order chi connectivity index (χ1) is 35.4. The van der Waals surface area contributed by atoms with Gasteiger partial charge in [-0.05, 0) is 81.4 Å². The number of imide groups is 1. The number of imidazole rings is 2. The Balaban J connectivity index is 0.000000191. The molecule has 72 heavy (non-hydrogen) atoms. The van der Waals surface area contributed by atoms with Crippen LogP contribution in [0.25, 0.3) is 22.1 Å². The molecule has 6 aliphatic rings. The van der Waals surface area contributed by atoms with Gasteiger partial charge < -0.3 is 46.4 Å². The number of ketones is 2. The fourth-order valence-corrected chi connectivity index (χ4v) is 11.4. The molecule has 21 nitrogen and oxygen atoms in total. The number of aldehydes is 1. The van der Waals surface area contributed by atoms with Crippen LogP contribution in [0.4, 0.5) is 0 Å². The maximum absolute atomic E-state index is 13.1. The third kappa shape index (κ3) is 11.6. The number of para-hydroxylation sites is 2. The zero-order chi connectivity index (χ0) is 52.9. The quantitative estimate of drug-likeness (QED) is 0.0579. The van der Waals surface area contributed by atoms with Gasteiger partial charge in [0.05, 0.1) is 85.4 Å². The Kier molecular flexibility index (Phi) is 19.5. The molecule has 6 fully saturated rings. The highest BCUT2D eigenvalue weighted by molar-refractivity contribution is 7.44. The number of carbonyl (C=O) groups excluding carboxylic acids is 5. The standard InChI is InChI=1S/C26H35N3O5.C16H17N3O4.C8H16N2O2.OS.H2O/c1-28-23-16(6-3-2-4-7-17-14-33-25-18(13-27)15-34-24(17)25)8-5-9-21(23)29(26(28)32)20-11-10-19(30)12-22(20)31;1-18-14-10(5-3-9-20)4-2-6-11(14)19(16(18)23)12-7-8-13(21)17-15(12)22;9-1-5-3-11-8-6(2-10)4-12-7(5)8;1-2;/h5,8-9,17-18,20,24-25H,2-4,6-7,10-15,27H2,1H3;2,4,6,9,12H,3,5,7-8H2,1H3,(H,17,21,22);5-8H,1-4,9-10H2;;1H2/i/hT. The molecule has 22 heteroatoms. The molecule has 0 spiro atoms. The van der Waals surface area contributed by atoms with Gasteiger partial charge in [-0.2, -0.15) is 4.21 Å². The Morgan fingerprint density at radius 1 is 0.667 bits per heavy atom. The second-order valence-electron chi connectivity index (χ2n) is 19.4. The number of nitrogens with two attached hydrogens (primary N) is 3. The molecule has 2 aromatic carbocycles. The smallest absolute Gasteiger partial charge is 0.329 e. The van der Waals surface area contributed by atoms with E-state index in [1.54, 1.807) is 29.3 Å². The summed E-state index contributed by atoms with van der Waals surface area (Å²) in [5.41, 5.74) is 27.9. The van der Waals surface area contributed by atoms with E-state index in [1.807, 2.05) is 24.3 Å². The minimum absolute atomic E-state index is 0.0337. The Labute approximate surface area is 423 Å². The van der Waals surface area contributed by atoms with Crippen LogP contribution in [0.5, 0.6) is 0 Å². The van der Waals surface area contributed by atoms with E-state index in [2.05, 4.69) is 23.9 Å². The van der Waals surface area contributed by atoms with Gasteiger partial charge in [0.15, 0.2) is 18.3 Å². The number of hydrogen-bond acceptors (Lipinski definition) is 16. The molecule has 2 aromatic heterocycles. The van der Waals surface area contributed by atoms with Crippen molar-refractivity contribution in [1.29, 1.82) is 0 Å². The van der Waals surface area contributed by atoms with E-state index >= 15 is 0 Å². The zero-order valence-electron chi connectivity index (χ0n) is 42.0. The number of fused-ring (bicyclic) bond motifs is 4. The summed E-state index contributed by atoms with van der Waals surface area (Å²) < 4.78 is 42.0. The largest absolute Gasteiger partial charge is 0.412 e. The SMILES string of the molecule is Cn1c(=O)n(C2CCC(=O)CC2=O)c2cccc(CCCCCC3COC4C(CN)COC34)c21.Cn1c(=O)n(C2CCC(=O)NC2=O)c2cccc(CCC=O)c21.NCC1COC2C(CN)COC12.O=S.[3H]O. The number of Topliss-reactive ketones (excluding diaryl/α,β-unsaturated/α-hetero) is 2. The number of piperidine rings is 1. The summed E-state index contributed by atoms with van der Waals surface area (Å²) in [4.78, 5) is 84.0. The van der Waals surface area contributed by atoms with Crippen molar-refractivity contribution in [2.75, 3.05) is 46.1 Å². The number of nitrogens with zero attached hydrogens (tertiary/aromatic N) is 4. The average molecular weight is 1030 g/mol. The van der Waals surface area contributed by atoms with Crippen LogP contribution in [0.1, 0.15) is 88.9 Å². The highest BCUT2D eigenvalue weighted by Crippen LogP contribution is 2.37. The van der Waals surface area contributed by atoms with Crippen LogP contribution in [-0.2, 0) is 82.4 Å². The van der Waals surface area contributed by atoms with Gasteiger partial charge in [-0.25, -0.2) is 9.59 Å². The molecule has 10 unspecified atom stereocenters. The van der Waals surface area contributed by atoms with Gasteiger partial charge in [-0.1, -0.05) is 37.1 Å². The first-order valence-electron chi connectivity index (χ1n) is 25.3. The van der Waals surface area contributed by atoms with Gasteiger partial charge in [0, 0.05) is 57.0 Å². The molecule has 9 N–H and O–H groups in total. The zero-order valence-corrected chi connectivity index (χ0v) is 41.8. The van der Waals surface area contributed by atoms with E-state index in [9.17, 15) is 33.6 Å². The first-order valence-corrected chi connectivity index (χ1v) is 25.2. The molecule has 10 rings (SSSR count). The fourth-order valence-electron chi connectivity index (χ4n) is 11.4. The molecule has 0 radical (unpaired) electrons. The number of nitrogens with one attached hydrogen (secondary N) is 1. The second-order valence-corrected chi connectivity index (χ2v) is 19.4. The summed E-state index contributed by atoms with van der Waals surface area (Å²) in [5.74, 6) is 0.601. The molecule has 7 heterocycles. The summed E-state index contributed by atoms with van der Waals surface area (Å²) in [6.07, 6.45) is 8.98. The van der Waals surface area contributed by atoms with Crippen molar-refractivity contribution in [2.24, 2.45) is 55.0 Å². The van der Waals surface area contributed by atoms with Crippen LogP contribution in [0.15, 0.2) is 46.0 Å².